The summed E-state index contributed by atoms with van der Waals surface area (Å²) in [6.07, 6.45) is 2.88. The fraction of sp³-hybridized carbons (Fsp3) is 0.294. The van der Waals surface area contributed by atoms with Crippen LogP contribution in [0.3, 0.4) is 0 Å². The molecular formula is C17H17N3O3S2. The lowest BCUT2D eigenvalue weighted by molar-refractivity contribution is 0.197. The maximum Gasteiger partial charge on any atom is 0.360 e. The van der Waals surface area contributed by atoms with Crippen molar-refractivity contribution in [1.29, 1.82) is 0 Å². The van der Waals surface area contributed by atoms with Gasteiger partial charge in [0.15, 0.2) is 0 Å². The van der Waals surface area contributed by atoms with Crippen molar-refractivity contribution in [3.05, 3.63) is 53.4 Å². The molecule has 8 heteroatoms. The molecule has 4 rings (SSSR count). The molecule has 0 bridgehead atoms. The zero-order chi connectivity index (χ0) is 17.4. The average Bonchev–Trinajstić information content (AvgIpc) is 3.15. The summed E-state index contributed by atoms with van der Waals surface area (Å²) in [7, 11) is 0. The number of hydrogen-bond donors (Lipinski definition) is 1. The van der Waals surface area contributed by atoms with Gasteiger partial charge in [0.2, 0.25) is 0 Å². The SMILES string of the molecule is O=C(N1N=C(C2CC2)CC1c1ccccc1)N(c1cccs1)S(=O)O. The molecule has 0 saturated heterocycles. The van der Waals surface area contributed by atoms with Crippen molar-refractivity contribution < 1.29 is 13.6 Å². The molecule has 1 aliphatic carbocycles. The molecule has 2 aromatic rings. The topological polar surface area (TPSA) is 73.2 Å². The smallest absolute Gasteiger partial charge is 0.289 e. The van der Waals surface area contributed by atoms with Gasteiger partial charge in [-0.2, -0.15) is 9.41 Å². The fourth-order valence-corrected chi connectivity index (χ4v) is 4.41. The highest BCUT2D eigenvalue weighted by Crippen LogP contribution is 2.41. The lowest BCUT2D eigenvalue weighted by Crippen LogP contribution is -2.41. The van der Waals surface area contributed by atoms with E-state index in [1.807, 2.05) is 30.3 Å². The van der Waals surface area contributed by atoms with Crippen molar-refractivity contribution >= 4 is 39.3 Å². The number of nitrogens with zero attached hydrogens (tertiary/aromatic N) is 3. The zero-order valence-electron chi connectivity index (χ0n) is 13.3. The van der Waals surface area contributed by atoms with Gasteiger partial charge < -0.3 is 0 Å². The first-order chi connectivity index (χ1) is 12.1. The highest BCUT2D eigenvalue weighted by molar-refractivity contribution is 7.81. The summed E-state index contributed by atoms with van der Waals surface area (Å²) >= 11 is -1.21. The predicted molar refractivity (Wildman–Crippen MR) is 98.8 cm³/mol. The summed E-state index contributed by atoms with van der Waals surface area (Å²) in [5, 5.41) is 8.10. The van der Waals surface area contributed by atoms with Gasteiger partial charge in [0.05, 0.1) is 6.04 Å². The first-order valence-corrected chi connectivity index (χ1v) is 9.99. The Morgan fingerprint density at radius 3 is 2.60 bits per heavy atom. The largest absolute Gasteiger partial charge is 0.360 e. The minimum atomic E-state index is -2.45. The van der Waals surface area contributed by atoms with E-state index in [0.29, 0.717) is 17.3 Å². The summed E-state index contributed by atoms with van der Waals surface area (Å²) in [6.45, 7) is 0. The third-order valence-corrected chi connectivity index (χ3v) is 6.03. The Morgan fingerprint density at radius 1 is 1.24 bits per heavy atom. The van der Waals surface area contributed by atoms with Gasteiger partial charge in [-0.1, -0.05) is 30.3 Å². The first kappa shape index (κ1) is 16.4. The highest BCUT2D eigenvalue weighted by Gasteiger charge is 2.41. The third-order valence-electron chi connectivity index (χ3n) is 4.40. The fourth-order valence-electron chi connectivity index (χ4n) is 3.03. The van der Waals surface area contributed by atoms with Crippen molar-refractivity contribution in [1.82, 2.24) is 5.01 Å². The second-order valence-electron chi connectivity index (χ2n) is 6.10. The number of amides is 2. The van der Waals surface area contributed by atoms with Gasteiger partial charge in [-0.3, -0.25) is 4.55 Å². The van der Waals surface area contributed by atoms with E-state index < -0.39 is 17.3 Å². The average molecular weight is 375 g/mol. The molecule has 25 heavy (non-hydrogen) atoms. The molecule has 2 amide bonds. The summed E-state index contributed by atoms with van der Waals surface area (Å²) in [5.41, 5.74) is 1.99. The van der Waals surface area contributed by atoms with E-state index in [-0.39, 0.29) is 6.04 Å². The minimum Gasteiger partial charge on any atom is -0.289 e. The van der Waals surface area contributed by atoms with Gasteiger partial charge in [-0.25, -0.2) is 14.0 Å². The number of urea groups is 1. The Balaban J connectivity index is 1.68. The molecule has 2 aliphatic rings. The van der Waals surface area contributed by atoms with E-state index in [1.54, 1.807) is 17.5 Å². The van der Waals surface area contributed by atoms with Gasteiger partial charge in [0.1, 0.15) is 5.00 Å². The Bertz CT molecular complexity index is 819. The third kappa shape index (κ3) is 3.24. The van der Waals surface area contributed by atoms with Crippen molar-refractivity contribution in [3.63, 3.8) is 0 Å². The van der Waals surface area contributed by atoms with Gasteiger partial charge >= 0.3 is 6.03 Å². The Labute approximate surface area is 152 Å². The molecule has 6 nitrogen and oxygen atoms in total. The van der Waals surface area contributed by atoms with Gasteiger partial charge in [0.25, 0.3) is 11.3 Å². The summed E-state index contributed by atoms with van der Waals surface area (Å²) in [4.78, 5) is 13.1. The molecule has 1 fully saturated rings. The van der Waals surface area contributed by atoms with Crippen LogP contribution >= 0.6 is 11.3 Å². The van der Waals surface area contributed by atoms with Crippen molar-refractivity contribution in [2.24, 2.45) is 11.0 Å². The number of anilines is 1. The Hall–Kier alpha value is -2.03. The standard InChI is InChI=1S/C17H17N3O3S2/c21-17(20(25(22)23)16-7-4-10-24-16)19-15(13-5-2-1-3-6-13)11-14(18-19)12-8-9-12/h1-7,10,12,15H,8-9,11H2,(H,22,23). The quantitative estimate of drug-likeness (QED) is 0.820. The summed E-state index contributed by atoms with van der Waals surface area (Å²) in [5.74, 6) is 0.443. The Morgan fingerprint density at radius 2 is 2.00 bits per heavy atom. The molecule has 1 aromatic carbocycles. The molecule has 1 N–H and O–H groups in total. The van der Waals surface area contributed by atoms with E-state index in [9.17, 15) is 13.6 Å². The van der Waals surface area contributed by atoms with Crippen LogP contribution in [0.5, 0.6) is 0 Å². The molecule has 1 saturated carbocycles. The lowest BCUT2D eigenvalue weighted by Gasteiger charge is -2.26. The van der Waals surface area contributed by atoms with Crippen LogP contribution in [0.25, 0.3) is 0 Å². The zero-order valence-corrected chi connectivity index (χ0v) is 14.9. The van der Waals surface area contributed by atoms with Crippen molar-refractivity contribution in [2.75, 3.05) is 4.31 Å². The molecule has 1 aromatic heterocycles. The monoisotopic (exact) mass is 375 g/mol. The van der Waals surface area contributed by atoms with Gasteiger partial charge in [0, 0.05) is 12.1 Å². The van der Waals surface area contributed by atoms with E-state index in [0.717, 1.165) is 28.4 Å². The molecule has 0 radical (unpaired) electrons. The van der Waals surface area contributed by atoms with E-state index in [1.165, 1.54) is 16.3 Å². The second-order valence-corrected chi connectivity index (χ2v) is 7.85. The number of carbonyl (C=O) groups excluding carboxylic acids is 1. The second kappa shape index (κ2) is 6.70. The van der Waals surface area contributed by atoms with Crippen molar-refractivity contribution in [2.45, 2.75) is 25.3 Å². The normalized spacial score (nSPS) is 21.1. The van der Waals surface area contributed by atoms with Crippen LogP contribution in [0.1, 0.15) is 30.9 Å². The number of thiophene rings is 1. The first-order valence-electron chi connectivity index (χ1n) is 8.05. The Kier molecular flexibility index (Phi) is 4.41. The van der Waals surface area contributed by atoms with Crippen LogP contribution in [0.4, 0.5) is 9.80 Å². The maximum absolute atomic E-state index is 13.1. The molecule has 2 heterocycles. The molecule has 130 valence electrons. The van der Waals surface area contributed by atoms with Crippen LogP contribution in [-0.2, 0) is 11.3 Å². The number of benzene rings is 1. The summed E-state index contributed by atoms with van der Waals surface area (Å²) in [6, 6.07) is 12.3. The lowest BCUT2D eigenvalue weighted by atomic mass is 10.0. The van der Waals surface area contributed by atoms with E-state index in [2.05, 4.69) is 5.10 Å². The van der Waals surface area contributed by atoms with Crippen LogP contribution < -0.4 is 4.31 Å². The van der Waals surface area contributed by atoms with Gasteiger partial charge in [-0.05, 0) is 41.8 Å². The van der Waals surface area contributed by atoms with E-state index in [4.69, 9.17) is 0 Å². The predicted octanol–water partition coefficient (Wildman–Crippen LogP) is 4.02. The van der Waals surface area contributed by atoms with Crippen LogP contribution in [0.15, 0.2) is 52.9 Å². The number of hydrogen-bond acceptors (Lipinski definition) is 4. The number of carbonyl (C=O) groups is 1. The van der Waals surface area contributed by atoms with Crippen LogP contribution in [0, 0.1) is 5.92 Å². The highest BCUT2D eigenvalue weighted by atomic mass is 32.2. The number of hydrazone groups is 1. The molecule has 2 unspecified atom stereocenters. The van der Waals surface area contributed by atoms with E-state index >= 15 is 0 Å². The maximum atomic E-state index is 13.1. The van der Waals surface area contributed by atoms with Gasteiger partial charge in [-0.15, -0.1) is 11.3 Å². The van der Waals surface area contributed by atoms with Crippen molar-refractivity contribution in [3.8, 4) is 0 Å². The minimum absolute atomic E-state index is 0.240. The summed E-state index contributed by atoms with van der Waals surface area (Å²) < 4.78 is 22.4. The molecule has 1 aliphatic heterocycles. The number of rotatable bonds is 4. The molecular weight excluding hydrogens is 358 g/mol. The van der Waals surface area contributed by atoms with Crippen LogP contribution in [0.2, 0.25) is 0 Å². The molecule has 0 spiro atoms. The molecule has 2 atom stereocenters. The van der Waals surface area contributed by atoms with Crippen LogP contribution in [-0.4, -0.2) is 25.5 Å².